The molecule has 0 spiro atoms. The molecule has 0 radical (unpaired) electrons. The summed E-state index contributed by atoms with van der Waals surface area (Å²) in [5.74, 6) is 0. The maximum absolute atomic E-state index is 4.48. The molecule has 2 aromatic rings. The molecule has 0 aliphatic carbocycles. The third-order valence-electron chi connectivity index (χ3n) is 3.37. The van der Waals surface area contributed by atoms with E-state index < -0.39 is 0 Å². The Morgan fingerprint density at radius 1 is 1.05 bits per heavy atom. The Bertz CT molecular complexity index is 502. The average molecular weight is 257 g/mol. The smallest absolute Gasteiger partial charge is 0.0983 e. The van der Waals surface area contributed by atoms with Gasteiger partial charge in [-0.05, 0) is 25.0 Å². The summed E-state index contributed by atoms with van der Waals surface area (Å²) in [6.45, 7) is 3.01. The van der Waals surface area contributed by atoms with E-state index >= 15 is 0 Å². The molecule has 1 N–H and O–H groups in total. The summed E-state index contributed by atoms with van der Waals surface area (Å²) in [4.78, 5) is 1.67. The number of nitrogens with zero attached hydrogens (tertiary/aromatic N) is 4. The first-order valence-corrected chi connectivity index (χ1v) is 6.87. The second kappa shape index (κ2) is 5.95. The maximum Gasteiger partial charge on any atom is 0.0983 e. The summed E-state index contributed by atoms with van der Waals surface area (Å²) in [5.41, 5.74) is 5.38. The quantitative estimate of drug-likeness (QED) is 0.906. The molecule has 0 saturated carbocycles. The van der Waals surface area contributed by atoms with Gasteiger partial charge in [-0.1, -0.05) is 24.6 Å². The standard InChI is InChI=1S/C14H19N5/c1-3-7-14(8-4-1)19-16-12-13(17-19)11-15-18-9-5-2-6-10-18/h1,3-4,7-8,12,15H,2,5-6,9-11H2. The van der Waals surface area contributed by atoms with E-state index in [0.717, 1.165) is 31.0 Å². The number of hydrogen-bond donors (Lipinski definition) is 1. The Hall–Kier alpha value is -1.72. The summed E-state index contributed by atoms with van der Waals surface area (Å²) >= 11 is 0. The van der Waals surface area contributed by atoms with E-state index in [1.165, 1.54) is 19.3 Å². The van der Waals surface area contributed by atoms with Crippen LogP contribution in [0.15, 0.2) is 36.5 Å². The first-order chi connectivity index (χ1) is 9.42. The van der Waals surface area contributed by atoms with Crippen molar-refractivity contribution in [2.45, 2.75) is 25.8 Å². The molecule has 1 saturated heterocycles. The van der Waals surface area contributed by atoms with Crippen LogP contribution < -0.4 is 5.43 Å². The van der Waals surface area contributed by atoms with Gasteiger partial charge >= 0.3 is 0 Å². The molecular weight excluding hydrogens is 238 g/mol. The summed E-state index contributed by atoms with van der Waals surface area (Å²) in [7, 11) is 0. The van der Waals surface area contributed by atoms with Gasteiger partial charge in [0.25, 0.3) is 0 Å². The number of nitrogens with one attached hydrogen (secondary N) is 1. The van der Waals surface area contributed by atoms with Crippen LogP contribution in [0.25, 0.3) is 5.69 Å². The van der Waals surface area contributed by atoms with Crippen molar-refractivity contribution in [1.82, 2.24) is 25.4 Å². The van der Waals surface area contributed by atoms with Crippen LogP contribution in [0.3, 0.4) is 0 Å². The predicted molar refractivity (Wildman–Crippen MR) is 73.6 cm³/mol. The molecule has 1 aliphatic heterocycles. The number of benzene rings is 1. The third kappa shape index (κ3) is 3.19. The van der Waals surface area contributed by atoms with Crippen molar-refractivity contribution in [1.29, 1.82) is 0 Å². The second-order valence-corrected chi connectivity index (χ2v) is 4.84. The first kappa shape index (κ1) is 12.3. The highest BCUT2D eigenvalue weighted by atomic mass is 15.5. The number of para-hydroxylation sites is 1. The zero-order valence-electron chi connectivity index (χ0n) is 11.0. The van der Waals surface area contributed by atoms with Crippen LogP contribution in [0.5, 0.6) is 0 Å². The summed E-state index contributed by atoms with van der Waals surface area (Å²) in [6.07, 6.45) is 5.74. The zero-order valence-corrected chi connectivity index (χ0v) is 11.0. The lowest BCUT2D eigenvalue weighted by Gasteiger charge is -2.26. The molecule has 0 unspecified atom stereocenters. The number of hydrogen-bond acceptors (Lipinski definition) is 4. The van der Waals surface area contributed by atoms with Gasteiger partial charge in [-0.2, -0.15) is 15.0 Å². The number of rotatable bonds is 4. The van der Waals surface area contributed by atoms with Crippen LogP contribution in [0.1, 0.15) is 25.0 Å². The fourth-order valence-corrected chi connectivity index (χ4v) is 2.31. The SMILES string of the molecule is c1ccc(-n2ncc(CNN3CCCCC3)n2)cc1. The van der Waals surface area contributed by atoms with Crippen LogP contribution in [-0.2, 0) is 6.54 Å². The van der Waals surface area contributed by atoms with E-state index in [0.29, 0.717) is 0 Å². The summed E-state index contributed by atoms with van der Waals surface area (Å²) < 4.78 is 0. The predicted octanol–water partition coefficient (Wildman–Crippen LogP) is 1.76. The van der Waals surface area contributed by atoms with E-state index in [1.807, 2.05) is 36.5 Å². The molecule has 2 heterocycles. The van der Waals surface area contributed by atoms with Gasteiger partial charge in [-0.3, -0.25) is 0 Å². The second-order valence-electron chi connectivity index (χ2n) is 4.84. The number of hydrazine groups is 1. The van der Waals surface area contributed by atoms with Gasteiger partial charge in [-0.25, -0.2) is 10.4 Å². The minimum atomic E-state index is 0.743. The van der Waals surface area contributed by atoms with E-state index in [4.69, 9.17) is 0 Å². The van der Waals surface area contributed by atoms with E-state index in [9.17, 15) is 0 Å². The lowest BCUT2D eigenvalue weighted by atomic mass is 10.2. The molecule has 0 atom stereocenters. The largest absolute Gasteiger partial charge is 0.249 e. The van der Waals surface area contributed by atoms with Crippen LogP contribution in [0.4, 0.5) is 0 Å². The molecule has 1 aliphatic rings. The molecule has 19 heavy (non-hydrogen) atoms. The molecule has 3 rings (SSSR count). The molecule has 0 amide bonds. The Morgan fingerprint density at radius 2 is 1.84 bits per heavy atom. The molecular formula is C14H19N5. The summed E-state index contributed by atoms with van der Waals surface area (Å²) in [5, 5.41) is 11.1. The zero-order chi connectivity index (χ0) is 12.9. The molecule has 5 heteroatoms. The van der Waals surface area contributed by atoms with E-state index in [1.54, 1.807) is 4.80 Å². The minimum absolute atomic E-state index is 0.743. The molecule has 100 valence electrons. The van der Waals surface area contributed by atoms with Crippen molar-refractivity contribution >= 4 is 0 Å². The van der Waals surface area contributed by atoms with Crippen molar-refractivity contribution in [2.24, 2.45) is 0 Å². The Labute approximate surface area is 113 Å². The van der Waals surface area contributed by atoms with Crippen LogP contribution in [0, 0.1) is 0 Å². The van der Waals surface area contributed by atoms with E-state index in [-0.39, 0.29) is 0 Å². The van der Waals surface area contributed by atoms with Crippen LogP contribution in [0.2, 0.25) is 0 Å². The van der Waals surface area contributed by atoms with Crippen molar-refractivity contribution in [2.75, 3.05) is 13.1 Å². The fraction of sp³-hybridized carbons (Fsp3) is 0.429. The molecule has 1 fully saturated rings. The molecule has 0 bridgehead atoms. The van der Waals surface area contributed by atoms with Gasteiger partial charge < -0.3 is 0 Å². The lowest BCUT2D eigenvalue weighted by molar-refractivity contribution is 0.150. The first-order valence-electron chi connectivity index (χ1n) is 6.87. The molecule has 5 nitrogen and oxygen atoms in total. The highest BCUT2D eigenvalue weighted by Gasteiger charge is 2.10. The molecule has 1 aromatic heterocycles. The van der Waals surface area contributed by atoms with Gasteiger partial charge in [-0.15, -0.1) is 0 Å². The average Bonchev–Trinajstić information content (AvgIpc) is 2.96. The van der Waals surface area contributed by atoms with Crippen LogP contribution in [-0.4, -0.2) is 33.1 Å². The number of aromatic nitrogens is 3. The fourth-order valence-electron chi connectivity index (χ4n) is 2.31. The van der Waals surface area contributed by atoms with Gasteiger partial charge in [0, 0.05) is 13.1 Å². The van der Waals surface area contributed by atoms with Crippen LogP contribution >= 0.6 is 0 Å². The van der Waals surface area contributed by atoms with Gasteiger partial charge in [0.2, 0.25) is 0 Å². The topological polar surface area (TPSA) is 46.0 Å². The van der Waals surface area contributed by atoms with Gasteiger partial charge in [0.05, 0.1) is 24.1 Å². The van der Waals surface area contributed by atoms with Gasteiger partial charge in [0.1, 0.15) is 0 Å². The normalized spacial score (nSPS) is 16.6. The highest BCUT2D eigenvalue weighted by molar-refractivity contribution is 5.28. The van der Waals surface area contributed by atoms with Crippen molar-refractivity contribution in [3.8, 4) is 5.69 Å². The van der Waals surface area contributed by atoms with E-state index in [2.05, 4.69) is 20.6 Å². The Morgan fingerprint density at radius 3 is 2.63 bits per heavy atom. The Balaban J connectivity index is 1.59. The minimum Gasteiger partial charge on any atom is -0.249 e. The van der Waals surface area contributed by atoms with Gasteiger partial charge in [0.15, 0.2) is 0 Å². The van der Waals surface area contributed by atoms with Crippen molar-refractivity contribution in [3.05, 3.63) is 42.2 Å². The third-order valence-corrected chi connectivity index (χ3v) is 3.37. The maximum atomic E-state index is 4.48. The summed E-state index contributed by atoms with van der Waals surface area (Å²) in [6, 6.07) is 9.98. The monoisotopic (exact) mass is 257 g/mol. The van der Waals surface area contributed by atoms with Crippen molar-refractivity contribution in [3.63, 3.8) is 0 Å². The van der Waals surface area contributed by atoms with Crippen molar-refractivity contribution < 1.29 is 0 Å². The highest BCUT2D eigenvalue weighted by Crippen LogP contribution is 2.07. The molecule has 1 aromatic carbocycles. The lowest BCUT2D eigenvalue weighted by Crippen LogP contribution is -2.41. The number of piperidine rings is 1. The Kier molecular flexibility index (Phi) is 3.86.